The van der Waals surface area contributed by atoms with Gasteiger partial charge in [-0.05, 0) is 75.3 Å². The molecule has 2 aromatic carbocycles. The summed E-state index contributed by atoms with van der Waals surface area (Å²) in [7, 11) is 4.66. The Morgan fingerprint density at radius 2 is 1.44 bits per heavy atom. The minimum absolute atomic E-state index is 0.0439. The molecule has 1 fully saturated rings. The van der Waals surface area contributed by atoms with Crippen molar-refractivity contribution >= 4 is 17.4 Å². The fraction of sp³-hybridized carbons (Fsp3) is 0.484. The second-order valence-corrected chi connectivity index (χ2v) is 9.73. The van der Waals surface area contributed by atoms with E-state index in [9.17, 15) is 14.7 Å². The zero-order chi connectivity index (χ0) is 28.4. The van der Waals surface area contributed by atoms with Gasteiger partial charge in [0.05, 0.1) is 32.9 Å². The van der Waals surface area contributed by atoms with Crippen LogP contribution < -0.4 is 14.2 Å². The molecule has 0 radical (unpaired) electrons. The molecule has 0 unspecified atom stereocenters. The smallest absolute Gasteiger partial charge is 0.295 e. The number of Topliss-reactive ketones (excluding diaryl/α,β-unsaturated/α-hetero) is 1. The molecule has 1 aliphatic heterocycles. The van der Waals surface area contributed by atoms with Crippen molar-refractivity contribution in [3.63, 3.8) is 0 Å². The van der Waals surface area contributed by atoms with Crippen molar-refractivity contribution in [1.82, 2.24) is 9.80 Å². The van der Waals surface area contributed by atoms with E-state index >= 15 is 0 Å². The normalized spacial score (nSPS) is 16.7. The van der Waals surface area contributed by atoms with Gasteiger partial charge in [0.2, 0.25) is 0 Å². The highest BCUT2D eigenvalue weighted by atomic mass is 16.5. The van der Waals surface area contributed by atoms with E-state index in [-0.39, 0.29) is 11.3 Å². The third-order valence-corrected chi connectivity index (χ3v) is 7.17. The molecule has 3 rings (SSSR count). The monoisotopic (exact) mass is 538 g/mol. The molecule has 39 heavy (non-hydrogen) atoms. The van der Waals surface area contributed by atoms with Crippen LogP contribution in [-0.4, -0.2) is 74.1 Å². The summed E-state index contributed by atoms with van der Waals surface area (Å²) in [5.41, 5.74) is 1.08. The molecule has 0 bridgehead atoms. The summed E-state index contributed by atoms with van der Waals surface area (Å²) in [6.45, 7) is 7.60. The first kappa shape index (κ1) is 30.0. The minimum atomic E-state index is -0.798. The third kappa shape index (κ3) is 7.12. The number of amides is 1. The fourth-order valence-electron chi connectivity index (χ4n) is 4.95. The SMILES string of the molecule is CCCCN(CCCC)CCCN1C(=O)C(=O)C(=C(O)c2ccc(OC)cc2)[C@H]1c1ccc(OC)cc1OC. The molecule has 0 saturated carbocycles. The van der Waals surface area contributed by atoms with Crippen LogP contribution in [0.5, 0.6) is 17.2 Å². The quantitative estimate of drug-likeness (QED) is 0.184. The van der Waals surface area contributed by atoms with Crippen molar-refractivity contribution in [3.8, 4) is 17.2 Å². The Morgan fingerprint density at radius 3 is 2.00 bits per heavy atom. The highest BCUT2D eigenvalue weighted by Gasteiger charge is 2.46. The third-order valence-electron chi connectivity index (χ3n) is 7.17. The van der Waals surface area contributed by atoms with Gasteiger partial charge in [-0.15, -0.1) is 0 Å². The number of unbranched alkanes of at least 4 members (excludes halogenated alkanes) is 2. The molecule has 8 nitrogen and oxygen atoms in total. The number of aliphatic hydroxyl groups is 1. The van der Waals surface area contributed by atoms with E-state index in [1.165, 1.54) is 7.11 Å². The van der Waals surface area contributed by atoms with Crippen molar-refractivity contribution in [1.29, 1.82) is 0 Å². The van der Waals surface area contributed by atoms with Crippen LogP contribution in [0.15, 0.2) is 48.0 Å². The first-order chi connectivity index (χ1) is 18.9. The van der Waals surface area contributed by atoms with Gasteiger partial charge in [0.15, 0.2) is 0 Å². The van der Waals surface area contributed by atoms with E-state index in [4.69, 9.17) is 14.2 Å². The minimum Gasteiger partial charge on any atom is -0.507 e. The van der Waals surface area contributed by atoms with Crippen LogP contribution in [0.25, 0.3) is 5.76 Å². The van der Waals surface area contributed by atoms with Gasteiger partial charge < -0.3 is 29.1 Å². The first-order valence-corrected chi connectivity index (χ1v) is 13.8. The highest BCUT2D eigenvalue weighted by Crippen LogP contribution is 2.43. The maximum Gasteiger partial charge on any atom is 0.295 e. The second-order valence-electron chi connectivity index (χ2n) is 9.73. The van der Waals surface area contributed by atoms with Gasteiger partial charge in [0.25, 0.3) is 11.7 Å². The number of benzene rings is 2. The Labute approximate surface area is 232 Å². The van der Waals surface area contributed by atoms with Crippen LogP contribution in [0.4, 0.5) is 0 Å². The lowest BCUT2D eigenvalue weighted by atomic mass is 9.94. The number of nitrogens with zero attached hydrogens (tertiary/aromatic N) is 2. The number of rotatable bonds is 15. The van der Waals surface area contributed by atoms with E-state index in [0.717, 1.165) is 45.3 Å². The number of carbonyl (C=O) groups is 2. The number of hydrogen-bond donors (Lipinski definition) is 1. The predicted octanol–water partition coefficient (Wildman–Crippen LogP) is 5.43. The molecular formula is C31H42N2O6. The average Bonchev–Trinajstić information content (AvgIpc) is 3.22. The largest absolute Gasteiger partial charge is 0.507 e. The van der Waals surface area contributed by atoms with Gasteiger partial charge in [-0.3, -0.25) is 9.59 Å². The molecule has 8 heteroatoms. The van der Waals surface area contributed by atoms with E-state index < -0.39 is 17.7 Å². The van der Waals surface area contributed by atoms with Gasteiger partial charge >= 0.3 is 0 Å². The van der Waals surface area contributed by atoms with Crippen molar-refractivity contribution in [3.05, 3.63) is 59.2 Å². The van der Waals surface area contributed by atoms with E-state index in [1.54, 1.807) is 61.6 Å². The zero-order valence-electron chi connectivity index (χ0n) is 23.9. The summed E-state index contributed by atoms with van der Waals surface area (Å²) < 4.78 is 16.2. The van der Waals surface area contributed by atoms with Crippen LogP contribution in [0.2, 0.25) is 0 Å². The van der Waals surface area contributed by atoms with Crippen LogP contribution in [0, 0.1) is 0 Å². The van der Waals surface area contributed by atoms with Crippen LogP contribution in [-0.2, 0) is 9.59 Å². The molecule has 1 saturated heterocycles. The summed E-state index contributed by atoms with van der Waals surface area (Å²) >= 11 is 0. The van der Waals surface area contributed by atoms with Gasteiger partial charge in [-0.25, -0.2) is 0 Å². The van der Waals surface area contributed by atoms with Crippen molar-refractivity contribution in [2.75, 3.05) is 47.5 Å². The van der Waals surface area contributed by atoms with Crippen LogP contribution >= 0.6 is 0 Å². The summed E-state index contributed by atoms with van der Waals surface area (Å²) in [6.07, 6.45) is 5.20. The predicted molar refractivity (Wildman–Crippen MR) is 152 cm³/mol. The number of carbonyl (C=O) groups excluding carboxylic acids is 2. The van der Waals surface area contributed by atoms with Gasteiger partial charge in [-0.1, -0.05) is 26.7 Å². The lowest BCUT2D eigenvalue weighted by molar-refractivity contribution is -0.140. The number of aliphatic hydroxyl groups excluding tert-OH is 1. The fourth-order valence-corrected chi connectivity index (χ4v) is 4.95. The van der Waals surface area contributed by atoms with E-state index in [1.807, 2.05) is 0 Å². The Balaban J connectivity index is 2.01. The average molecular weight is 539 g/mol. The van der Waals surface area contributed by atoms with Crippen LogP contribution in [0.3, 0.4) is 0 Å². The number of ketones is 1. The molecular weight excluding hydrogens is 496 g/mol. The number of likely N-dealkylation sites (tertiary alicyclic amines) is 1. The first-order valence-electron chi connectivity index (χ1n) is 13.8. The summed E-state index contributed by atoms with van der Waals surface area (Å²) in [5, 5.41) is 11.4. The molecule has 2 aromatic rings. The second kappa shape index (κ2) is 14.6. The highest BCUT2D eigenvalue weighted by molar-refractivity contribution is 6.46. The molecule has 0 aromatic heterocycles. The summed E-state index contributed by atoms with van der Waals surface area (Å²) in [6, 6.07) is 11.2. The van der Waals surface area contributed by atoms with Crippen molar-refractivity contribution in [2.45, 2.75) is 52.0 Å². The van der Waals surface area contributed by atoms with Crippen molar-refractivity contribution < 1.29 is 28.9 Å². The maximum absolute atomic E-state index is 13.4. The molecule has 1 heterocycles. The lowest BCUT2D eigenvalue weighted by Gasteiger charge is -2.28. The van der Waals surface area contributed by atoms with Gasteiger partial charge in [0, 0.05) is 23.7 Å². The molecule has 1 atom stereocenters. The molecule has 1 N–H and O–H groups in total. The maximum atomic E-state index is 13.4. The van der Waals surface area contributed by atoms with Gasteiger partial charge in [-0.2, -0.15) is 0 Å². The Kier molecular flexibility index (Phi) is 11.2. The molecule has 0 spiro atoms. The van der Waals surface area contributed by atoms with Gasteiger partial charge in [0.1, 0.15) is 23.0 Å². The summed E-state index contributed by atoms with van der Waals surface area (Å²) in [5.74, 6) is 0.121. The zero-order valence-corrected chi connectivity index (χ0v) is 23.9. The molecule has 1 amide bonds. The summed E-state index contributed by atoms with van der Waals surface area (Å²) in [4.78, 5) is 30.8. The Hall–Kier alpha value is -3.52. The Morgan fingerprint density at radius 1 is 0.846 bits per heavy atom. The number of hydrogen-bond acceptors (Lipinski definition) is 7. The molecule has 0 aliphatic carbocycles. The molecule has 212 valence electrons. The van der Waals surface area contributed by atoms with E-state index in [0.29, 0.717) is 41.3 Å². The standard InChI is InChI=1S/C31H42N2O6/c1-6-8-17-32(18-9-7-2)19-10-20-33-28(25-16-15-24(38-4)21-26(25)39-5)27(30(35)31(33)36)29(34)22-11-13-23(37-3)14-12-22/h11-16,21,28,34H,6-10,17-20H2,1-5H3/t28-/m1/s1. The number of ether oxygens (including phenoxy) is 3. The van der Waals surface area contributed by atoms with Crippen molar-refractivity contribution in [2.24, 2.45) is 0 Å². The van der Waals surface area contributed by atoms with E-state index in [2.05, 4.69) is 18.7 Å². The van der Waals surface area contributed by atoms with Crippen LogP contribution in [0.1, 0.15) is 63.1 Å². The Bertz CT molecular complexity index is 1140. The lowest BCUT2D eigenvalue weighted by Crippen LogP contribution is -2.34. The molecule has 1 aliphatic rings. The topological polar surface area (TPSA) is 88.5 Å². The number of methoxy groups -OCH3 is 3.